The Balaban J connectivity index is 1.48. The number of hydrogen-bond donors (Lipinski definition) is 0. The number of thioether (sulfide) groups is 1. The molecule has 0 radical (unpaired) electrons. The molecule has 0 unspecified atom stereocenters. The van der Waals surface area contributed by atoms with Gasteiger partial charge in [0.2, 0.25) is 5.89 Å². The lowest BCUT2D eigenvalue weighted by atomic mass is 9.96. The van der Waals surface area contributed by atoms with Crippen LogP contribution >= 0.6 is 11.8 Å². The average Bonchev–Trinajstić information content (AvgIpc) is 3.48. The topological polar surface area (TPSA) is 88.1 Å². The highest BCUT2D eigenvalue weighted by atomic mass is 32.2. The minimum atomic E-state index is -0.161. The smallest absolute Gasteiger partial charge is 0.237 e. The number of benzene rings is 2. The highest BCUT2D eigenvalue weighted by Gasteiger charge is 2.22. The van der Waals surface area contributed by atoms with Gasteiger partial charge in [0.15, 0.2) is 16.8 Å². The second kappa shape index (κ2) is 10.8. The molecule has 2 aromatic heterocycles. The van der Waals surface area contributed by atoms with Gasteiger partial charge in [0.05, 0.1) is 12.4 Å². The van der Waals surface area contributed by atoms with Crippen molar-refractivity contribution in [1.82, 2.24) is 24.9 Å². The van der Waals surface area contributed by atoms with E-state index in [0.717, 1.165) is 27.9 Å². The van der Waals surface area contributed by atoms with E-state index in [2.05, 4.69) is 59.3 Å². The van der Waals surface area contributed by atoms with E-state index in [1.165, 1.54) is 11.8 Å². The molecule has 0 aliphatic carbocycles. The van der Waals surface area contributed by atoms with Gasteiger partial charge in [-0.05, 0) is 11.6 Å². The van der Waals surface area contributed by atoms with Crippen molar-refractivity contribution in [2.45, 2.75) is 50.2 Å². The Bertz CT molecular complexity index is 1200. The van der Waals surface area contributed by atoms with Crippen LogP contribution in [0.2, 0.25) is 0 Å². The first-order valence-electron chi connectivity index (χ1n) is 11.1. The number of rotatable bonds is 10. The Kier molecular flexibility index (Phi) is 7.64. The molecule has 0 fully saturated rings. The largest absolute Gasteiger partial charge is 0.485 e. The summed E-state index contributed by atoms with van der Waals surface area (Å²) in [5.74, 6) is 3.28. The maximum absolute atomic E-state index is 6.20. The summed E-state index contributed by atoms with van der Waals surface area (Å²) in [6, 6.07) is 18.2. The van der Waals surface area contributed by atoms with Crippen molar-refractivity contribution in [1.29, 1.82) is 0 Å². The Hall–Kier alpha value is -3.17. The summed E-state index contributed by atoms with van der Waals surface area (Å²) in [6.07, 6.45) is 0. The van der Waals surface area contributed by atoms with Crippen LogP contribution in [0, 0.1) is 0 Å². The molecular weight excluding hydrogens is 450 g/mol. The van der Waals surface area contributed by atoms with E-state index in [0.29, 0.717) is 30.6 Å². The molecule has 0 N–H and O–H groups in total. The summed E-state index contributed by atoms with van der Waals surface area (Å²) in [7, 11) is 1.68. The lowest BCUT2D eigenvalue weighted by Gasteiger charge is -2.13. The van der Waals surface area contributed by atoms with Crippen molar-refractivity contribution in [3.05, 3.63) is 72.1 Å². The Morgan fingerprint density at radius 3 is 2.50 bits per heavy atom. The third-order valence-electron chi connectivity index (χ3n) is 5.10. The van der Waals surface area contributed by atoms with Gasteiger partial charge in [0, 0.05) is 24.6 Å². The number of para-hydroxylation sites is 1. The van der Waals surface area contributed by atoms with E-state index in [-0.39, 0.29) is 12.0 Å². The molecule has 0 saturated heterocycles. The lowest BCUT2D eigenvalue weighted by Crippen LogP contribution is -2.13. The standard InChI is InChI=1S/C25H29N5O3S/c1-25(2,3)23-26-22(33-29-23)17-34-24-28-27-21(30(24)14-15-31-4)16-32-20-13-9-8-12-19(20)18-10-6-5-7-11-18/h5-13H,14-17H2,1-4H3. The third kappa shape index (κ3) is 5.84. The summed E-state index contributed by atoms with van der Waals surface area (Å²) >= 11 is 1.50. The normalized spacial score (nSPS) is 11.6. The van der Waals surface area contributed by atoms with Gasteiger partial charge in [-0.15, -0.1) is 10.2 Å². The van der Waals surface area contributed by atoms with Gasteiger partial charge in [0.1, 0.15) is 12.4 Å². The molecule has 2 heterocycles. The molecule has 4 rings (SSSR count). The molecular formula is C25H29N5O3S. The molecule has 34 heavy (non-hydrogen) atoms. The molecule has 4 aromatic rings. The fourth-order valence-corrected chi connectivity index (χ4v) is 4.10. The fourth-order valence-electron chi connectivity index (χ4n) is 3.28. The van der Waals surface area contributed by atoms with E-state index in [4.69, 9.17) is 14.0 Å². The summed E-state index contributed by atoms with van der Waals surface area (Å²) in [4.78, 5) is 4.50. The van der Waals surface area contributed by atoms with Crippen LogP contribution in [0.15, 0.2) is 64.3 Å². The van der Waals surface area contributed by atoms with Gasteiger partial charge in [-0.3, -0.25) is 0 Å². The Labute approximate surface area is 203 Å². The van der Waals surface area contributed by atoms with Gasteiger partial charge in [0.25, 0.3) is 0 Å². The quantitative estimate of drug-likeness (QED) is 0.289. The summed E-state index contributed by atoms with van der Waals surface area (Å²) in [5.41, 5.74) is 1.97. The van der Waals surface area contributed by atoms with E-state index in [9.17, 15) is 0 Å². The molecule has 0 aliphatic rings. The van der Waals surface area contributed by atoms with Crippen molar-refractivity contribution in [3.63, 3.8) is 0 Å². The number of nitrogens with zero attached hydrogens (tertiary/aromatic N) is 5. The summed E-state index contributed by atoms with van der Waals surface area (Å²) < 4.78 is 18.9. The first-order valence-corrected chi connectivity index (χ1v) is 12.1. The maximum atomic E-state index is 6.20. The average molecular weight is 480 g/mol. The van der Waals surface area contributed by atoms with E-state index in [1.807, 2.05) is 41.0 Å². The van der Waals surface area contributed by atoms with Crippen molar-refractivity contribution in [2.24, 2.45) is 0 Å². The third-order valence-corrected chi connectivity index (χ3v) is 6.06. The molecule has 0 aliphatic heterocycles. The monoisotopic (exact) mass is 479 g/mol. The van der Waals surface area contributed by atoms with E-state index in [1.54, 1.807) is 7.11 Å². The van der Waals surface area contributed by atoms with Crippen LogP contribution in [-0.2, 0) is 29.1 Å². The highest BCUT2D eigenvalue weighted by Crippen LogP contribution is 2.30. The minimum absolute atomic E-state index is 0.161. The van der Waals surface area contributed by atoms with Crippen LogP contribution in [0.4, 0.5) is 0 Å². The van der Waals surface area contributed by atoms with Crippen LogP contribution in [0.3, 0.4) is 0 Å². The van der Waals surface area contributed by atoms with Gasteiger partial charge in [-0.25, -0.2) is 0 Å². The van der Waals surface area contributed by atoms with E-state index < -0.39 is 0 Å². The van der Waals surface area contributed by atoms with Gasteiger partial charge in [-0.1, -0.05) is 86.2 Å². The van der Waals surface area contributed by atoms with Crippen molar-refractivity contribution >= 4 is 11.8 Å². The number of hydrogen-bond acceptors (Lipinski definition) is 8. The molecule has 2 aromatic carbocycles. The molecule has 8 nitrogen and oxygen atoms in total. The van der Waals surface area contributed by atoms with Gasteiger partial charge >= 0.3 is 0 Å². The zero-order valence-corrected chi connectivity index (χ0v) is 20.7. The molecule has 0 spiro atoms. The maximum Gasteiger partial charge on any atom is 0.237 e. The van der Waals surface area contributed by atoms with Crippen LogP contribution in [0.1, 0.15) is 38.3 Å². The number of methoxy groups -OCH3 is 1. The van der Waals surface area contributed by atoms with Crippen LogP contribution in [0.25, 0.3) is 11.1 Å². The molecule has 0 atom stereocenters. The summed E-state index contributed by atoms with van der Waals surface area (Å²) in [5, 5.41) is 13.6. The SMILES string of the molecule is COCCn1c(COc2ccccc2-c2ccccc2)nnc1SCc1nc(C(C)(C)C)no1. The first kappa shape index (κ1) is 24.0. The first-order chi connectivity index (χ1) is 16.5. The lowest BCUT2D eigenvalue weighted by molar-refractivity contribution is 0.181. The van der Waals surface area contributed by atoms with Crippen molar-refractivity contribution in [2.75, 3.05) is 13.7 Å². The van der Waals surface area contributed by atoms with Crippen molar-refractivity contribution in [3.8, 4) is 16.9 Å². The predicted octanol–water partition coefficient (Wildman–Crippen LogP) is 5.14. The minimum Gasteiger partial charge on any atom is -0.485 e. The number of ether oxygens (including phenoxy) is 2. The molecule has 0 saturated carbocycles. The van der Waals surface area contributed by atoms with Crippen LogP contribution in [-0.4, -0.2) is 38.6 Å². The molecule has 0 bridgehead atoms. The Morgan fingerprint density at radius 1 is 1.00 bits per heavy atom. The van der Waals surface area contributed by atoms with Crippen molar-refractivity contribution < 1.29 is 14.0 Å². The molecule has 9 heteroatoms. The predicted molar refractivity (Wildman–Crippen MR) is 131 cm³/mol. The summed E-state index contributed by atoms with van der Waals surface area (Å²) in [6.45, 7) is 7.60. The van der Waals surface area contributed by atoms with Gasteiger partial charge < -0.3 is 18.6 Å². The Morgan fingerprint density at radius 2 is 1.76 bits per heavy atom. The van der Waals surface area contributed by atoms with Crippen LogP contribution < -0.4 is 4.74 Å². The second-order valence-electron chi connectivity index (χ2n) is 8.74. The number of aromatic nitrogens is 5. The molecule has 0 amide bonds. The highest BCUT2D eigenvalue weighted by molar-refractivity contribution is 7.98. The zero-order valence-electron chi connectivity index (χ0n) is 19.9. The molecule has 178 valence electrons. The van der Waals surface area contributed by atoms with E-state index >= 15 is 0 Å². The van der Waals surface area contributed by atoms with Crippen LogP contribution in [0.5, 0.6) is 5.75 Å². The zero-order chi connectivity index (χ0) is 24.0. The fraction of sp³-hybridized carbons (Fsp3) is 0.360. The van der Waals surface area contributed by atoms with Gasteiger partial charge in [-0.2, -0.15) is 4.98 Å². The second-order valence-corrected chi connectivity index (χ2v) is 9.69.